The molecule has 0 aromatic heterocycles. The van der Waals surface area contributed by atoms with Crippen molar-refractivity contribution in [2.45, 2.75) is 24.5 Å². The fraction of sp³-hybridized carbons (Fsp3) is 0.727. The van der Waals surface area contributed by atoms with Gasteiger partial charge in [-0.15, -0.1) is 0 Å². The number of nitrogens with zero attached hydrogens (tertiary/aromatic N) is 2. The molecule has 2 aliphatic rings. The minimum absolute atomic E-state index is 0.0707. The van der Waals surface area contributed by atoms with Crippen LogP contribution in [0.2, 0.25) is 0 Å². The third-order valence-corrected chi connectivity index (χ3v) is 4.33. The molecular formula is C11H16N2O3S. The first-order chi connectivity index (χ1) is 8.11. The topological polar surface area (TPSA) is 57.7 Å². The lowest BCUT2D eigenvalue weighted by molar-refractivity contribution is -0.145. The first-order valence-corrected chi connectivity index (χ1v) is 7.04. The van der Waals surface area contributed by atoms with Crippen molar-refractivity contribution in [2.75, 3.05) is 25.9 Å². The van der Waals surface area contributed by atoms with E-state index in [0.717, 1.165) is 24.4 Å². The molecule has 94 valence electrons. The van der Waals surface area contributed by atoms with Gasteiger partial charge in [0.2, 0.25) is 17.7 Å². The summed E-state index contributed by atoms with van der Waals surface area (Å²) in [7, 11) is 0. The molecule has 2 heterocycles. The molecule has 0 aromatic rings. The molecule has 0 N–H and O–H groups in total. The predicted octanol–water partition coefficient (Wildman–Crippen LogP) is 0.0993. The first kappa shape index (κ1) is 12.4. The zero-order valence-electron chi connectivity index (χ0n) is 9.85. The van der Waals surface area contributed by atoms with Crippen molar-refractivity contribution in [3.8, 4) is 0 Å². The van der Waals surface area contributed by atoms with Crippen LogP contribution in [0.15, 0.2) is 0 Å². The van der Waals surface area contributed by atoms with Gasteiger partial charge < -0.3 is 4.90 Å². The Bertz CT molecular complexity index is 343. The molecule has 5 nitrogen and oxygen atoms in total. The van der Waals surface area contributed by atoms with Crippen LogP contribution in [0.5, 0.6) is 0 Å². The van der Waals surface area contributed by atoms with E-state index in [9.17, 15) is 14.4 Å². The zero-order chi connectivity index (χ0) is 12.4. The van der Waals surface area contributed by atoms with Crippen LogP contribution in [0, 0.1) is 0 Å². The second-order valence-corrected chi connectivity index (χ2v) is 5.50. The maximum absolute atomic E-state index is 11.9. The van der Waals surface area contributed by atoms with Crippen molar-refractivity contribution >= 4 is 29.5 Å². The summed E-state index contributed by atoms with van der Waals surface area (Å²) in [6.45, 7) is 1.40. The van der Waals surface area contributed by atoms with Gasteiger partial charge in [-0.2, -0.15) is 11.8 Å². The zero-order valence-corrected chi connectivity index (χ0v) is 10.7. The Morgan fingerprint density at radius 3 is 2.53 bits per heavy atom. The molecule has 0 aromatic carbocycles. The Balaban J connectivity index is 1.89. The number of carbonyl (C=O) groups is 3. The lowest BCUT2D eigenvalue weighted by Gasteiger charge is -2.20. The summed E-state index contributed by atoms with van der Waals surface area (Å²) in [4.78, 5) is 37.5. The van der Waals surface area contributed by atoms with Crippen LogP contribution in [0.3, 0.4) is 0 Å². The molecule has 3 amide bonds. The standard InChI is InChI=1S/C11H16N2O3S/c1-17-8-4-5-12(6-8)11(16)7-13-9(14)2-3-10(13)15/h8H,2-7H2,1H3/t8-/m0/s1. The highest BCUT2D eigenvalue weighted by atomic mass is 32.2. The largest absolute Gasteiger partial charge is 0.340 e. The van der Waals surface area contributed by atoms with Crippen LogP contribution in [0.1, 0.15) is 19.3 Å². The van der Waals surface area contributed by atoms with Gasteiger partial charge in [-0.1, -0.05) is 0 Å². The Kier molecular flexibility index (Phi) is 3.71. The van der Waals surface area contributed by atoms with Crippen LogP contribution in [0.25, 0.3) is 0 Å². The van der Waals surface area contributed by atoms with Crippen LogP contribution in [-0.4, -0.2) is 58.7 Å². The van der Waals surface area contributed by atoms with E-state index in [0.29, 0.717) is 5.25 Å². The molecular weight excluding hydrogens is 240 g/mol. The van der Waals surface area contributed by atoms with E-state index in [1.165, 1.54) is 0 Å². The van der Waals surface area contributed by atoms with Crippen molar-refractivity contribution in [1.82, 2.24) is 9.80 Å². The van der Waals surface area contributed by atoms with E-state index in [4.69, 9.17) is 0 Å². The van der Waals surface area contributed by atoms with E-state index < -0.39 is 0 Å². The molecule has 2 saturated heterocycles. The minimum Gasteiger partial charge on any atom is -0.340 e. The Morgan fingerprint density at radius 1 is 1.35 bits per heavy atom. The number of imide groups is 1. The van der Waals surface area contributed by atoms with Gasteiger partial charge in [0.05, 0.1) is 0 Å². The number of hydrogen-bond donors (Lipinski definition) is 0. The molecule has 6 heteroatoms. The molecule has 2 rings (SSSR count). The Labute approximate surface area is 105 Å². The summed E-state index contributed by atoms with van der Waals surface area (Å²) in [5.74, 6) is -0.543. The average Bonchev–Trinajstić information content (AvgIpc) is 2.90. The van der Waals surface area contributed by atoms with Crippen molar-refractivity contribution in [2.24, 2.45) is 0 Å². The number of likely N-dealkylation sites (tertiary alicyclic amines) is 2. The average molecular weight is 256 g/mol. The fourth-order valence-electron chi connectivity index (χ4n) is 2.18. The highest BCUT2D eigenvalue weighted by Gasteiger charge is 2.33. The molecule has 17 heavy (non-hydrogen) atoms. The molecule has 0 radical (unpaired) electrons. The van der Waals surface area contributed by atoms with Gasteiger partial charge in [0.25, 0.3) is 0 Å². The summed E-state index contributed by atoms with van der Waals surface area (Å²) in [6, 6.07) is 0. The van der Waals surface area contributed by atoms with Gasteiger partial charge in [0.15, 0.2) is 0 Å². The first-order valence-electron chi connectivity index (χ1n) is 5.75. The number of thioether (sulfide) groups is 1. The molecule has 2 aliphatic heterocycles. The molecule has 0 aliphatic carbocycles. The SMILES string of the molecule is CS[C@H]1CCN(C(=O)CN2C(=O)CCC2=O)C1. The normalized spacial score (nSPS) is 24.9. The van der Waals surface area contributed by atoms with Crippen molar-refractivity contribution in [3.05, 3.63) is 0 Å². The Hall–Kier alpha value is -1.04. The monoisotopic (exact) mass is 256 g/mol. The van der Waals surface area contributed by atoms with E-state index in [1.54, 1.807) is 16.7 Å². The van der Waals surface area contributed by atoms with E-state index in [1.807, 2.05) is 6.26 Å². The van der Waals surface area contributed by atoms with Gasteiger partial charge >= 0.3 is 0 Å². The second-order valence-electron chi connectivity index (χ2n) is 4.36. The smallest absolute Gasteiger partial charge is 0.242 e. The lowest BCUT2D eigenvalue weighted by atomic mass is 10.4. The molecule has 1 atom stereocenters. The van der Waals surface area contributed by atoms with E-state index >= 15 is 0 Å². The molecule has 2 fully saturated rings. The van der Waals surface area contributed by atoms with Crippen LogP contribution >= 0.6 is 11.8 Å². The fourth-order valence-corrected chi connectivity index (χ4v) is 2.85. The van der Waals surface area contributed by atoms with Crippen LogP contribution in [-0.2, 0) is 14.4 Å². The van der Waals surface area contributed by atoms with Gasteiger partial charge in [-0.3, -0.25) is 19.3 Å². The maximum Gasteiger partial charge on any atom is 0.242 e. The summed E-state index contributed by atoms with van der Waals surface area (Å²) in [5.41, 5.74) is 0. The van der Waals surface area contributed by atoms with Gasteiger partial charge in [0, 0.05) is 31.2 Å². The van der Waals surface area contributed by atoms with E-state index in [2.05, 4.69) is 0 Å². The predicted molar refractivity (Wildman–Crippen MR) is 64.5 cm³/mol. The van der Waals surface area contributed by atoms with Crippen molar-refractivity contribution in [3.63, 3.8) is 0 Å². The number of amides is 3. The molecule has 0 spiro atoms. The molecule has 0 bridgehead atoms. The quantitative estimate of drug-likeness (QED) is 0.672. The minimum atomic E-state index is -0.219. The number of rotatable bonds is 3. The third-order valence-electron chi connectivity index (χ3n) is 3.28. The second kappa shape index (κ2) is 5.08. The summed E-state index contributed by atoms with van der Waals surface area (Å²) < 4.78 is 0. The molecule has 0 saturated carbocycles. The van der Waals surface area contributed by atoms with E-state index in [-0.39, 0.29) is 37.1 Å². The van der Waals surface area contributed by atoms with Gasteiger partial charge in [0.1, 0.15) is 6.54 Å². The Morgan fingerprint density at radius 2 is 2.00 bits per heavy atom. The maximum atomic E-state index is 11.9. The highest BCUT2D eigenvalue weighted by molar-refractivity contribution is 7.99. The summed E-state index contributed by atoms with van der Waals surface area (Å²) in [5, 5.41) is 0.490. The van der Waals surface area contributed by atoms with Gasteiger partial charge in [-0.05, 0) is 12.7 Å². The van der Waals surface area contributed by atoms with Crippen molar-refractivity contribution in [1.29, 1.82) is 0 Å². The highest BCUT2D eigenvalue weighted by Crippen LogP contribution is 2.20. The van der Waals surface area contributed by atoms with Crippen LogP contribution < -0.4 is 0 Å². The van der Waals surface area contributed by atoms with Gasteiger partial charge in [-0.25, -0.2) is 0 Å². The molecule has 0 unspecified atom stereocenters. The number of hydrogen-bond acceptors (Lipinski definition) is 4. The van der Waals surface area contributed by atoms with Crippen LogP contribution in [0.4, 0.5) is 0 Å². The summed E-state index contributed by atoms with van der Waals surface area (Å²) in [6.07, 6.45) is 3.53. The lowest BCUT2D eigenvalue weighted by Crippen LogP contribution is -2.41. The summed E-state index contributed by atoms with van der Waals surface area (Å²) >= 11 is 1.76. The van der Waals surface area contributed by atoms with Crippen molar-refractivity contribution < 1.29 is 14.4 Å². The number of carbonyl (C=O) groups excluding carboxylic acids is 3. The third kappa shape index (κ3) is 2.62.